The topological polar surface area (TPSA) is 88.7 Å². The maximum atomic E-state index is 11.8. The molecule has 0 saturated heterocycles. The number of hydrazone groups is 1. The molecule has 0 atom stereocenters. The molecule has 2 rings (SSSR count). The van der Waals surface area contributed by atoms with Gasteiger partial charge >= 0.3 is 0 Å². The minimum Gasteiger partial charge on any atom is -0.273 e. The van der Waals surface area contributed by atoms with Gasteiger partial charge in [0.1, 0.15) is 0 Å². The Labute approximate surface area is 131 Å². The van der Waals surface area contributed by atoms with Crippen LogP contribution in [0.25, 0.3) is 0 Å². The lowest BCUT2D eigenvalue weighted by molar-refractivity contribution is -0.384. The lowest BCUT2D eigenvalue weighted by Gasteiger charge is -2.13. The molecule has 114 valence electrons. The summed E-state index contributed by atoms with van der Waals surface area (Å²) in [5.74, 6) is -0.254. The Balaban J connectivity index is 2.32. The second-order valence-corrected chi connectivity index (χ2v) is 5.43. The lowest BCUT2D eigenvalue weighted by atomic mass is 10.1. The predicted octanol–water partition coefficient (Wildman–Crippen LogP) is 3.14. The van der Waals surface area contributed by atoms with Crippen LogP contribution in [0, 0.1) is 17.0 Å². The molecule has 0 aliphatic heterocycles. The zero-order chi connectivity index (χ0) is 16.3. The SMILES string of the molecule is CC(=O)N(N=C(C)c1ccc([N+](=O)[O-])cc1)c1nc(C)cs1. The third-order valence-electron chi connectivity index (χ3n) is 2.83. The van der Waals surface area contributed by atoms with Crippen molar-refractivity contribution in [2.45, 2.75) is 20.8 Å². The average Bonchev–Trinajstić information content (AvgIpc) is 2.90. The van der Waals surface area contributed by atoms with E-state index in [0.29, 0.717) is 16.4 Å². The van der Waals surface area contributed by atoms with E-state index in [2.05, 4.69) is 10.1 Å². The van der Waals surface area contributed by atoms with Gasteiger partial charge in [-0.15, -0.1) is 11.3 Å². The van der Waals surface area contributed by atoms with Gasteiger partial charge in [0.25, 0.3) is 5.69 Å². The van der Waals surface area contributed by atoms with E-state index in [1.165, 1.54) is 35.4 Å². The molecule has 8 heteroatoms. The van der Waals surface area contributed by atoms with Gasteiger partial charge in [-0.3, -0.25) is 14.9 Å². The van der Waals surface area contributed by atoms with Gasteiger partial charge in [-0.25, -0.2) is 4.98 Å². The van der Waals surface area contributed by atoms with Gasteiger partial charge in [0.15, 0.2) is 0 Å². The Morgan fingerprint density at radius 3 is 2.41 bits per heavy atom. The van der Waals surface area contributed by atoms with Crippen molar-refractivity contribution in [3.05, 3.63) is 51.0 Å². The van der Waals surface area contributed by atoms with Crippen LogP contribution in [-0.2, 0) is 4.79 Å². The second kappa shape index (κ2) is 6.44. The molecule has 0 unspecified atom stereocenters. The molecule has 0 N–H and O–H groups in total. The Morgan fingerprint density at radius 1 is 1.32 bits per heavy atom. The van der Waals surface area contributed by atoms with E-state index in [4.69, 9.17) is 0 Å². The number of aromatic nitrogens is 1. The van der Waals surface area contributed by atoms with Gasteiger partial charge in [-0.05, 0) is 31.5 Å². The molecule has 1 amide bonds. The first-order chi connectivity index (χ1) is 10.4. The standard InChI is InChI=1S/C14H14N4O3S/c1-9-8-22-14(15-9)17(11(3)19)16-10(2)12-4-6-13(7-5-12)18(20)21/h4-8H,1-3H3. The van der Waals surface area contributed by atoms with Gasteiger partial charge < -0.3 is 0 Å². The smallest absolute Gasteiger partial charge is 0.269 e. The maximum Gasteiger partial charge on any atom is 0.269 e. The van der Waals surface area contributed by atoms with E-state index in [9.17, 15) is 14.9 Å². The highest BCUT2D eigenvalue weighted by atomic mass is 32.1. The molecular weight excluding hydrogens is 304 g/mol. The number of benzene rings is 1. The van der Waals surface area contributed by atoms with E-state index in [-0.39, 0.29) is 11.6 Å². The highest BCUT2D eigenvalue weighted by Gasteiger charge is 2.15. The Morgan fingerprint density at radius 2 is 1.95 bits per heavy atom. The van der Waals surface area contributed by atoms with Gasteiger partial charge in [0.2, 0.25) is 11.0 Å². The molecule has 0 bridgehead atoms. The minimum absolute atomic E-state index is 0.00974. The molecule has 0 spiro atoms. The molecule has 0 saturated carbocycles. The molecule has 1 heterocycles. The summed E-state index contributed by atoms with van der Waals surface area (Å²) in [5, 5.41) is 18.5. The number of carbonyl (C=O) groups excluding carboxylic acids is 1. The quantitative estimate of drug-likeness (QED) is 0.492. The van der Waals surface area contributed by atoms with Gasteiger partial charge in [-0.1, -0.05) is 0 Å². The predicted molar refractivity (Wildman–Crippen MR) is 85.3 cm³/mol. The van der Waals surface area contributed by atoms with Crippen LogP contribution in [0.3, 0.4) is 0 Å². The number of nitro benzene ring substituents is 1. The van der Waals surface area contributed by atoms with Gasteiger partial charge in [0, 0.05) is 24.4 Å². The van der Waals surface area contributed by atoms with Crippen molar-refractivity contribution in [3.8, 4) is 0 Å². The number of nitro groups is 1. The van der Waals surface area contributed by atoms with Crippen molar-refractivity contribution < 1.29 is 9.72 Å². The molecule has 0 fully saturated rings. The number of hydrogen-bond acceptors (Lipinski definition) is 6. The van der Waals surface area contributed by atoms with E-state index in [1.54, 1.807) is 19.1 Å². The fraction of sp³-hybridized carbons (Fsp3) is 0.214. The van der Waals surface area contributed by atoms with Crippen LogP contribution < -0.4 is 5.01 Å². The molecule has 0 aliphatic carbocycles. The highest BCUT2D eigenvalue weighted by molar-refractivity contribution is 7.14. The van der Waals surface area contributed by atoms with Crippen molar-refractivity contribution >= 4 is 33.8 Å². The summed E-state index contributed by atoms with van der Waals surface area (Å²) < 4.78 is 0. The van der Waals surface area contributed by atoms with E-state index in [1.807, 2.05) is 12.3 Å². The minimum atomic E-state index is -0.462. The molecule has 0 aliphatic rings. The molecule has 1 aromatic heterocycles. The van der Waals surface area contributed by atoms with E-state index >= 15 is 0 Å². The number of carbonyl (C=O) groups is 1. The fourth-order valence-corrected chi connectivity index (χ4v) is 2.51. The monoisotopic (exact) mass is 318 g/mol. The molecule has 0 radical (unpaired) electrons. The number of anilines is 1. The number of nitrogens with zero attached hydrogens (tertiary/aromatic N) is 4. The molecule has 7 nitrogen and oxygen atoms in total. The lowest BCUT2D eigenvalue weighted by Crippen LogP contribution is -2.23. The normalized spacial score (nSPS) is 11.3. The fourth-order valence-electron chi connectivity index (χ4n) is 1.72. The summed E-state index contributed by atoms with van der Waals surface area (Å²) in [6.45, 7) is 4.98. The molecule has 1 aromatic carbocycles. The van der Waals surface area contributed by atoms with Crippen molar-refractivity contribution in [2.24, 2.45) is 5.10 Å². The van der Waals surface area contributed by atoms with Crippen LogP contribution >= 0.6 is 11.3 Å². The third-order valence-corrected chi connectivity index (χ3v) is 3.77. The van der Waals surface area contributed by atoms with Crippen molar-refractivity contribution in [3.63, 3.8) is 0 Å². The van der Waals surface area contributed by atoms with Crippen LogP contribution in [0.1, 0.15) is 25.1 Å². The molecule has 2 aromatic rings. The van der Waals surface area contributed by atoms with Crippen LogP contribution in [0.15, 0.2) is 34.7 Å². The molecular formula is C14H14N4O3S. The number of amides is 1. The summed E-state index contributed by atoms with van der Waals surface area (Å²) in [4.78, 5) is 26.2. The van der Waals surface area contributed by atoms with Crippen molar-refractivity contribution in [1.29, 1.82) is 0 Å². The number of rotatable bonds is 4. The summed E-state index contributed by atoms with van der Waals surface area (Å²) in [7, 11) is 0. The number of thiazole rings is 1. The Kier molecular flexibility index (Phi) is 4.62. The number of hydrogen-bond donors (Lipinski definition) is 0. The summed E-state index contributed by atoms with van der Waals surface area (Å²) >= 11 is 1.33. The molecule has 22 heavy (non-hydrogen) atoms. The highest BCUT2D eigenvalue weighted by Crippen LogP contribution is 2.21. The van der Waals surface area contributed by atoms with Crippen LogP contribution in [0.2, 0.25) is 0 Å². The van der Waals surface area contributed by atoms with Gasteiger partial charge in [-0.2, -0.15) is 10.1 Å². The first-order valence-corrected chi connectivity index (χ1v) is 7.29. The largest absolute Gasteiger partial charge is 0.273 e. The first kappa shape index (κ1) is 15.8. The Bertz CT molecular complexity index is 737. The van der Waals surface area contributed by atoms with Crippen molar-refractivity contribution in [2.75, 3.05) is 5.01 Å². The zero-order valence-corrected chi connectivity index (χ0v) is 13.1. The third kappa shape index (κ3) is 3.53. The summed E-state index contributed by atoms with van der Waals surface area (Å²) in [5.41, 5.74) is 2.09. The average molecular weight is 318 g/mol. The zero-order valence-electron chi connectivity index (χ0n) is 12.3. The van der Waals surface area contributed by atoms with E-state index < -0.39 is 4.92 Å². The van der Waals surface area contributed by atoms with Crippen molar-refractivity contribution in [1.82, 2.24) is 4.98 Å². The maximum absolute atomic E-state index is 11.8. The Hall–Kier alpha value is -2.61. The van der Waals surface area contributed by atoms with Crippen LogP contribution in [0.5, 0.6) is 0 Å². The van der Waals surface area contributed by atoms with Gasteiger partial charge in [0.05, 0.1) is 16.3 Å². The van der Waals surface area contributed by atoms with Crippen LogP contribution in [0.4, 0.5) is 10.8 Å². The summed E-state index contributed by atoms with van der Waals surface area (Å²) in [6.07, 6.45) is 0. The van der Waals surface area contributed by atoms with E-state index in [0.717, 1.165) is 5.69 Å². The summed E-state index contributed by atoms with van der Waals surface area (Å²) in [6, 6.07) is 6.00. The second-order valence-electron chi connectivity index (χ2n) is 4.59. The first-order valence-electron chi connectivity index (χ1n) is 6.41. The number of aryl methyl sites for hydroxylation is 1. The van der Waals surface area contributed by atoms with Crippen LogP contribution in [-0.4, -0.2) is 21.5 Å². The number of non-ortho nitro benzene ring substituents is 1.